The van der Waals surface area contributed by atoms with Gasteiger partial charge in [-0.3, -0.25) is 9.59 Å². The van der Waals surface area contributed by atoms with Gasteiger partial charge in [0, 0.05) is 31.3 Å². The molecule has 0 atom stereocenters. The molecule has 4 heteroatoms. The summed E-state index contributed by atoms with van der Waals surface area (Å²) >= 11 is 0. The third-order valence-corrected chi connectivity index (χ3v) is 3.30. The molecular formula is C15H20N2O2. The van der Waals surface area contributed by atoms with E-state index in [1.807, 2.05) is 32.0 Å². The summed E-state index contributed by atoms with van der Waals surface area (Å²) in [6, 6.07) is 5.72. The second-order valence-corrected chi connectivity index (χ2v) is 5.44. The molecule has 0 radical (unpaired) electrons. The summed E-state index contributed by atoms with van der Waals surface area (Å²) < 4.78 is 0. The monoisotopic (exact) mass is 260 g/mol. The number of anilines is 2. The smallest absolute Gasteiger partial charge is 0.227 e. The van der Waals surface area contributed by atoms with Crippen molar-refractivity contribution in [3.05, 3.63) is 23.8 Å². The molecule has 1 aromatic rings. The molecule has 0 unspecified atom stereocenters. The molecule has 1 aliphatic rings. The maximum atomic E-state index is 11.7. The highest BCUT2D eigenvalue weighted by molar-refractivity contribution is 5.97. The summed E-state index contributed by atoms with van der Waals surface area (Å²) in [5.74, 6) is 0.528. The number of hydrogen-bond donors (Lipinski definition) is 1. The number of benzene rings is 1. The van der Waals surface area contributed by atoms with Crippen molar-refractivity contribution in [1.29, 1.82) is 0 Å². The van der Waals surface area contributed by atoms with E-state index >= 15 is 0 Å². The number of amides is 2. The summed E-state index contributed by atoms with van der Waals surface area (Å²) in [5, 5.41) is 2.91. The van der Waals surface area contributed by atoms with Gasteiger partial charge in [-0.25, -0.2) is 0 Å². The molecule has 0 bridgehead atoms. The highest BCUT2D eigenvalue weighted by Crippen LogP contribution is 2.29. The fraction of sp³-hybridized carbons (Fsp3) is 0.467. The van der Waals surface area contributed by atoms with E-state index in [2.05, 4.69) is 5.32 Å². The lowest BCUT2D eigenvalue weighted by atomic mass is 10.0. The zero-order valence-corrected chi connectivity index (χ0v) is 11.7. The van der Waals surface area contributed by atoms with Gasteiger partial charge in [0.1, 0.15) is 0 Å². The fourth-order valence-electron chi connectivity index (χ4n) is 2.32. The molecule has 19 heavy (non-hydrogen) atoms. The number of carbonyl (C=O) groups excluding carboxylic acids is 2. The molecule has 1 heterocycles. The second-order valence-electron chi connectivity index (χ2n) is 5.44. The van der Waals surface area contributed by atoms with Gasteiger partial charge >= 0.3 is 0 Å². The van der Waals surface area contributed by atoms with Crippen molar-refractivity contribution in [3.8, 4) is 0 Å². The summed E-state index contributed by atoms with van der Waals surface area (Å²) in [7, 11) is 1.79. The molecule has 0 aromatic heterocycles. The van der Waals surface area contributed by atoms with Gasteiger partial charge in [-0.15, -0.1) is 0 Å². The molecule has 0 aliphatic carbocycles. The number of rotatable bonds is 3. The Hall–Kier alpha value is -1.84. The lowest BCUT2D eigenvalue weighted by Gasteiger charge is -2.26. The van der Waals surface area contributed by atoms with Crippen molar-refractivity contribution in [1.82, 2.24) is 0 Å². The number of aryl methyl sites for hydroxylation is 1. The first kappa shape index (κ1) is 13.6. The van der Waals surface area contributed by atoms with Crippen LogP contribution in [-0.4, -0.2) is 18.9 Å². The topological polar surface area (TPSA) is 49.4 Å². The quantitative estimate of drug-likeness (QED) is 0.908. The van der Waals surface area contributed by atoms with Gasteiger partial charge in [-0.2, -0.15) is 0 Å². The third kappa shape index (κ3) is 3.13. The number of nitrogens with zero attached hydrogens (tertiary/aromatic N) is 1. The van der Waals surface area contributed by atoms with Crippen LogP contribution in [-0.2, 0) is 16.0 Å². The Kier molecular flexibility index (Phi) is 3.88. The maximum absolute atomic E-state index is 11.7. The molecule has 0 spiro atoms. The van der Waals surface area contributed by atoms with Crippen molar-refractivity contribution in [2.24, 2.45) is 5.92 Å². The third-order valence-electron chi connectivity index (χ3n) is 3.30. The van der Waals surface area contributed by atoms with E-state index in [1.54, 1.807) is 11.9 Å². The van der Waals surface area contributed by atoms with E-state index < -0.39 is 0 Å². The average molecular weight is 260 g/mol. The second kappa shape index (κ2) is 5.43. The maximum Gasteiger partial charge on any atom is 0.227 e. The van der Waals surface area contributed by atoms with Crippen molar-refractivity contribution in [3.63, 3.8) is 0 Å². The van der Waals surface area contributed by atoms with Crippen LogP contribution >= 0.6 is 0 Å². The first-order valence-electron chi connectivity index (χ1n) is 6.66. The summed E-state index contributed by atoms with van der Waals surface area (Å²) in [6.07, 6.45) is 1.80. The van der Waals surface area contributed by atoms with E-state index in [4.69, 9.17) is 0 Å². The molecular weight excluding hydrogens is 240 g/mol. The van der Waals surface area contributed by atoms with Gasteiger partial charge in [0.15, 0.2) is 0 Å². The minimum atomic E-state index is 0.0372. The zero-order valence-electron chi connectivity index (χ0n) is 11.7. The van der Waals surface area contributed by atoms with Crippen molar-refractivity contribution in [2.45, 2.75) is 33.1 Å². The SMILES string of the molecule is CC(C)CC(=O)Nc1ccc2c(c1)CCC(=O)N2C. The number of carbonyl (C=O) groups is 2. The van der Waals surface area contributed by atoms with Gasteiger partial charge in [0.05, 0.1) is 0 Å². The lowest BCUT2D eigenvalue weighted by Crippen LogP contribution is -2.31. The van der Waals surface area contributed by atoms with E-state index in [9.17, 15) is 9.59 Å². The Bertz CT molecular complexity index is 509. The predicted molar refractivity (Wildman–Crippen MR) is 76.3 cm³/mol. The molecule has 0 saturated heterocycles. The first-order valence-corrected chi connectivity index (χ1v) is 6.66. The minimum Gasteiger partial charge on any atom is -0.326 e. The van der Waals surface area contributed by atoms with Crippen LogP contribution in [0.4, 0.5) is 11.4 Å². The Labute approximate surface area is 113 Å². The van der Waals surface area contributed by atoms with Crippen molar-refractivity contribution < 1.29 is 9.59 Å². The van der Waals surface area contributed by atoms with E-state index in [-0.39, 0.29) is 11.8 Å². The van der Waals surface area contributed by atoms with Crippen LogP contribution in [0.1, 0.15) is 32.3 Å². The largest absolute Gasteiger partial charge is 0.326 e. The van der Waals surface area contributed by atoms with Crippen LogP contribution in [0.2, 0.25) is 0 Å². The number of nitrogens with one attached hydrogen (secondary N) is 1. The molecule has 1 aliphatic heterocycles. The van der Waals surface area contributed by atoms with E-state index in [1.165, 1.54) is 0 Å². The van der Waals surface area contributed by atoms with Crippen LogP contribution in [0.5, 0.6) is 0 Å². The lowest BCUT2D eigenvalue weighted by molar-refractivity contribution is -0.118. The predicted octanol–water partition coefficient (Wildman–Crippen LogP) is 2.58. The van der Waals surface area contributed by atoms with E-state index in [0.717, 1.165) is 23.4 Å². The highest BCUT2D eigenvalue weighted by atomic mass is 16.2. The minimum absolute atomic E-state index is 0.0372. The number of fused-ring (bicyclic) bond motifs is 1. The van der Waals surface area contributed by atoms with Crippen molar-refractivity contribution >= 4 is 23.2 Å². The molecule has 4 nitrogen and oxygen atoms in total. The van der Waals surface area contributed by atoms with Gasteiger partial charge in [-0.05, 0) is 36.1 Å². The first-order chi connectivity index (χ1) is 8.97. The highest BCUT2D eigenvalue weighted by Gasteiger charge is 2.20. The van der Waals surface area contributed by atoms with Crippen LogP contribution in [0, 0.1) is 5.92 Å². The molecule has 1 aromatic carbocycles. The standard InChI is InChI=1S/C15H20N2O2/c1-10(2)8-14(18)16-12-5-6-13-11(9-12)4-7-15(19)17(13)3/h5-6,9-10H,4,7-8H2,1-3H3,(H,16,18). The summed E-state index contributed by atoms with van der Waals surface area (Å²) in [6.45, 7) is 4.04. The van der Waals surface area contributed by atoms with Crippen LogP contribution < -0.4 is 10.2 Å². The molecule has 2 amide bonds. The molecule has 1 N–H and O–H groups in total. The summed E-state index contributed by atoms with van der Waals surface area (Å²) in [5.41, 5.74) is 2.87. The summed E-state index contributed by atoms with van der Waals surface area (Å²) in [4.78, 5) is 25.0. The number of hydrogen-bond acceptors (Lipinski definition) is 2. The van der Waals surface area contributed by atoms with Gasteiger partial charge in [-0.1, -0.05) is 13.8 Å². The normalized spacial score (nSPS) is 14.5. The fourth-order valence-corrected chi connectivity index (χ4v) is 2.32. The molecule has 102 valence electrons. The van der Waals surface area contributed by atoms with Crippen LogP contribution in [0.3, 0.4) is 0 Å². The Morgan fingerprint density at radius 2 is 2.11 bits per heavy atom. The van der Waals surface area contributed by atoms with Gasteiger partial charge in [0.2, 0.25) is 11.8 Å². The van der Waals surface area contributed by atoms with Gasteiger partial charge in [0.25, 0.3) is 0 Å². The Morgan fingerprint density at radius 3 is 2.79 bits per heavy atom. The zero-order chi connectivity index (χ0) is 14.0. The van der Waals surface area contributed by atoms with Crippen molar-refractivity contribution in [2.75, 3.05) is 17.3 Å². The average Bonchev–Trinajstić information content (AvgIpc) is 2.33. The molecule has 0 saturated carbocycles. The molecule has 2 rings (SSSR count). The Balaban J connectivity index is 2.13. The Morgan fingerprint density at radius 1 is 1.37 bits per heavy atom. The van der Waals surface area contributed by atoms with Gasteiger partial charge < -0.3 is 10.2 Å². The van der Waals surface area contributed by atoms with Crippen LogP contribution in [0.25, 0.3) is 0 Å². The molecule has 0 fully saturated rings. The van der Waals surface area contributed by atoms with E-state index in [0.29, 0.717) is 18.8 Å². The van der Waals surface area contributed by atoms with Crippen LogP contribution in [0.15, 0.2) is 18.2 Å².